The molecule has 0 amide bonds. The van der Waals surface area contributed by atoms with Gasteiger partial charge in [-0.25, -0.2) is 4.79 Å². The lowest BCUT2D eigenvalue weighted by Gasteiger charge is -1.94. The third-order valence-electron chi connectivity index (χ3n) is 2.67. The fraction of sp³-hybridized carbons (Fsp3) is 0.0714. The number of nitro benzene ring substituents is 1. The van der Waals surface area contributed by atoms with Crippen molar-refractivity contribution in [2.24, 2.45) is 20.5 Å². The zero-order valence-electron chi connectivity index (χ0n) is 11.7. The van der Waals surface area contributed by atoms with Crippen molar-refractivity contribution in [2.75, 3.05) is 6.67 Å². The minimum Gasteiger partial charge on any atom is -0.478 e. The van der Waals surface area contributed by atoms with E-state index in [1.165, 1.54) is 48.5 Å². The van der Waals surface area contributed by atoms with Crippen LogP contribution in [0.1, 0.15) is 10.4 Å². The fourth-order valence-corrected chi connectivity index (χ4v) is 1.57. The van der Waals surface area contributed by atoms with Gasteiger partial charge in [0.15, 0.2) is 6.67 Å². The van der Waals surface area contributed by atoms with Crippen LogP contribution in [0, 0.1) is 10.1 Å². The summed E-state index contributed by atoms with van der Waals surface area (Å²) in [6.07, 6.45) is 0. The number of carboxylic acid groups (broad SMARTS) is 1. The minimum absolute atomic E-state index is 0.0162. The maximum Gasteiger partial charge on any atom is 0.335 e. The van der Waals surface area contributed by atoms with Gasteiger partial charge in [0.05, 0.1) is 21.9 Å². The number of hydrogen-bond acceptors (Lipinski definition) is 7. The predicted molar refractivity (Wildman–Crippen MR) is 80.4 cm³/mol. The summed E-state index contributed by atoms with van der Waals surface area (Å²) in [7, 11) is 0. The lowest BCUT2D eigenvalue weighted by atomic mass is 10.2. The second-order valence-corrected chi connectivity index (χ2v) is 4.25. The number of nitrogens with zero attached hydrogens (tertiary/aromatic N) is 5. The highest BCUT2D eigenvalue weighted by atomic mass is 16.6. The molecule has 0 bridgehead atoms. The molecule has 0 aromatic heterocycles. The van der Waals surface area contributed by atoms with E-state index in [1.54, 1.807) is 0 Å². The summed E-state index contributed by atoms with van der Waals surface area (Å²) in [4.78, 5) is 20.7. The van der Waals surface area contributed by atoms with E-state index in [0.29, 0.717) is 11.4 Å². The van der Waals surface area contributed by atoms with Gasteiger partial charge in [-0.1, -0.05) is 0 Å². The Hall–Kier alpha value is -3.49. The van der Waals surface area contributed by atoms with Crippen LogP contribution in [0.2, 0.25) is 0 Å². The van der Waals surface area contributed by atoms with Crippen LogP contribution in [0.15, 0.2) is 69.0 Å². The molecule has 0 saturated carbocycles. The maximum absolute atomic E-state index is 10.7. The van der Waals surface area contributed by atoms with E-state index in [1.807, 2.05) is 0 Å². The van der Waals surface area contributed by atoms with Gasteiger partial charge in [0.1, 0.15) is 0 Å². The van der Waals surface area contributed by atoms with E-state index in [-0.39, 0.29) is 17.9 Å². The van der Waals surface area contributed by atoms with E-state index < -0.39 is 10.9 Å². The van der Waals surface area contributed by atoms with Crippen molar-refractivity contribution in [1.82, 2.24) is 0 Å². The Morgan fingerprint density at radius 3 is 1.87 bits per heavy atom. The monoisotopic (exact) mass is 313 g/mol. The lowest BCUT2D eigenvalue weighted by Crippen LogP contribution is -1.93. The number of nitro groups is 1. The summed E-state index contributed by atoms with van der Waals surface area (Å²) in [5.41, 5.74) is 1.12. The summed E-state index contributed by atoms with van der Waals surface area (Å²) in [5.74, 6) is -1.01. The number of non-ortho nitro benzene ring substituents is 1. The van der Waals surface area contributed by atoms with Gasteiger partial charge in [0.2, 0.25) is 0 Å². The summed E-state index contributed by atoms with van der Waals surface area (Å²) in [5, 5.41) is 34.5. The molecule has 2 aromatic rings. The summed E-state index contributed by atoms with van der Waals surface area (Å²) >= 11 is 0. The van der Waals surface area contributed by atoms with E-state index in [4.69, 9.17) is 5.11 Å². The van der Waals surface area contributed by atoms with Crippen LogP contribution in [-0.2, 0) is 0 Å². The molecule has 0 aliphatic carbocycles. The molecule has 0 radical (unpaired) electrons. The van der Waals surface area contributed by atoms with Gasteiger partial charge in [-0.3, -0.25) is 10.1 Å². The van der Waals surface area contributed by atoms with Crippen molar-refractivity contribution in [3.05, 3.63) is 64.2 Å². The Morgan fingerprint density at radius 1 is 0.957 bits per heavy atom. The van der Waals surface area contributed by atoms with Gasteiger partial charge < -0.3 is 5.11 Å². The van der Waals surface area contributed by atoms with Gasteiger partial charge in [0.25, 0.3) is 5.69 Å². The van der Waals surface area contributed by atoms with Gasteiger partial charge in [0, 0.05) is 12.1 Å². The van der Waals surface area contributed by atoms with Crippen LogP contribution < -0.4 is 0 Å². The Morgan fingerprint density at radius 2 is 1.43 bits per heavy atom. The molecule has 0 saturated heterocycles. The van der Waals surface area contributed by atoms with Crippen molar-refractivity contribution in [2.45, 2.75) is 0 Å². The lowest BCUT2D eigenvalue weighted by molar-refractivity contribution is -0.384. The Balaban J connectivity index is 1.88. The number of carbonyl (C=O) groups is 1. The number of azo groups is 2. The summed E-state index contributed by atoms with van der Waals surface area (Å²) in [6, 6.07) is 11.5. The molecular weight excluding hydrogens is 302 g/mol. The smallest absolute Gasteiger partial charge is 0.335 e. The number of aromatic carboxylic acids is 1. The first-order valence-corrected chi connectivity index (χ1v) is 6.39. The first kappa shape index (κ1) is 15.9. The largest absolute Gasteiger partial charge is 0.478 e. The third kappa shape index (κ3) is 4.77. The molecule has 0 heterocycles. The van der Waals surface area contributed by atoms with Crippen molar-refractivity contribution in [3.8, 4) is 0 Å². The quantitative estimate of drug-likeness (QED) is 0.488. The average Bonchev–Trinajstić information content (AvgIpc) is 2.55. The highest BCUT2D eigenvalue weighted by Crippen LogP contribution is 2.18. The highest BCUT2D eigenvalue weighted by Gasteiger charge is 2.03. The SMILES string of the molecule is O=C(O)c1ccc(N=NCN=Nc2ccc([N+](=O)[O-])cc2)cc1. The molecule has 9 nitrogen and oxygen atoms in total. The zero-order chi connectivity index (χ0) is 16.7. The third-order valence-corrected chi connectivity index (χ3v) is 2.67. The molecule has 0 spiro atoms. The maximum atomic E-state index is 10.7. The molecule has 2 rings (SSSR count). The van der Waals surface area contributed by atoms with Gasteiger partial charge >= 0.3 is 5.97 Å². The summed E-state index contributed by atoms with van der Waals surface area (Å²) < 4.78 is 0. The van der Waals surface area contributed by atoms with E-state index in [2.05, 4.69) is 20.5 Å². The van der Waals surface area contributed by atoms with Crippen LogP contribution in [0.25, 0.3) is 0 Å². The molecule has 0 unspecified atom stereocenters. The minimum atomic E-state index is -1.01. The predicted octanol–water partition coefficient (Wildman–Crippen LogP) is 4.12. The number of carboxylic acids is 1. The second kappa shape index (κ2) is 7.50. The van der Waals surface area contributed by atoms with Crippen LogP contribution in [-0.4, -0.2) is 22.7 Å². The van der Waals surface area contributed by atoms with Gasteiger partial charge in [-0.15, -0.1) is 0 Å². The van der Waals surface area contributed by atoms with Gasteiger partial charge in [-0.2, -0.15) is 20.5 Å². The summed E-state index contributed by atoms with van der Waals surface area (Å²) in [6.45, 7) is -0.0162. The number of benzene rings is 2. The normalized spacial score (nSPS) is 11.1. The van der Waals surface area contributed by atoms with Crippen LogP contribution >= 0.6 is 0 Å². The van der Waals surface area contributed by atoms with E-state index >= 15 is 0 Å². The van der Waals surface area contributed by atoms with Crippen LogP contribution in [0.5, 0.6) is 0 Å². The molecule has 0 aliphatic rings. The zero-order valence-corrected chi connectivity index (χ0v) is 11.7. The highest BCUT2D eigenvalue weighted by molar-refractivity contribution is 5.87. The van der Waals surface area contributed by atoms with Gasteiger partial charge in [-0.05, 0) is 36.4 Å². The molecular formula is C14H11N5O4. The number of hydrogen-bond donors (Lipinski definition) is 1. The van der Waals surface area contributed by atoms with E-state index in [0.717, 1.165) is 0 Å². The van der Waals surface area contributed by atoms with Crippen LogP contribution in [0.3, 0.4) is 0 Å². The topological polar surface area (TPSA) is 130 Å². The van der Waals surface area contributed by atoms with Crippen molar-refractivity contribution in [3.63, 3.8) is 0 Å². The Kier molecular flexibility index (Phi) is 5.18. The Bertz CT molecular complexity index is 688. The second-order valence-electron chi connectivity index (χ2n) is 4.25. The Labute approximate surface area is 130 Å². The van der Waals surface area contributed by atoms with E-state index in [9.17, 15) is 14.9 Å². The molecule has 1 N–H and O–H groups in total. The van der Waals surface area contributed by atoms with Crippen molar-refractivity contribution >= 4 is 23.0 Å². The molecule has 116 valence electrons. The molecule has 2 aromatic carbocycles. The molecule has 23 heavy (non-hydrogen) atoms. The first-order valence-electron chi connectivity index (χ1n) is 6.39. The van der Waals surface area contributed by atoms with Crippen molar-refractivity contribution in [1.29, 1.82) is 0 Å². The molecule has 0 aliphatic heterocycles. The average molecular weight is 313 g/mol. The fourth-order valence-electron chi connectivity index (χ4n) is 1.57. The molecule has 9 heteroatoms. The first-order chi connectivity index (χ1) is 11.1. The molecule has 0 fully saturated rings. The van der Waals surface area contributed by atoms with Crippen LogP contribution in [0.4, 0.5) is 17.1 Å². The standard InChI is InChI=1S/C14H11N5O4/c20-14(21)10-1-3-11(4-2-10)17-15-9-16-18-12-5-7-13(8-6-12)19(22)23/h1-8H,9H2,(H,20,21). The molecule has 0 atom stereocenters. The number of rotatable bonds is 6. The van der Waals surface area contributed by atoms with Crippen molar-refractivity contribution < 1.29 is 14.8 Å².